The van der Waals surface area contributed by atoms with Crippen molar-refractivity contribution in [1.29, 1.82) is 0 Å². The Hall–Kier alpha value is -1.20. The minimum absolute atomic E-state index is 0.196. The van der Waals surface area contributed by atoms with Gasteiger partial charge in [-0.05, 0) is 38.5 Å². The Balaban J connectivity index is 1.76. The molecule has 1 fully saturated rings. The van der Waals surface area contributed by atoms with Crippen LogP contribution in [-0.2, 0) is 16.0 Å². The summed E-state index contributed by atoms with van der Waals surface area (Å²) in [7, 11) is 0. The van der Waals surface area contributed by atoms with Crippen LogP contribution in [0.2, 0.25) is 0 Å². The van der Waals surface area contributed by atoms with Gasteiger partial charge in [-0.1, -0.05) is 6.92 Å². The van der Waals surface area contributed by atoms with Gasteiger partial charge in [0.05, 0.1) is 12.1 Å². The Labute approximate surface area is 129 Å². The third kappa shape index (κ3) is 2.90. The molecule has 1 aliphatic rings. The van der Waals surface area contributed by atoms with E-state index in [0.717, 1.165) is 36.3 Å². The van der Waals surface area contributed by atoms with E-state index < -0.39 is 5.60 Å². The van der Waals surface area contributed by atoms with Crippen molar-refractivity contribution in [3.63, 3.8) is 0 Å². The maximum atomic E-state index is 12.8. The monoisotopic (exact) mass is 306 g/mol. The number of carbonyl (C=O) groups is 1. The van der Waals surface area contributed by atoms with Crippen molar-refractivity contribution >= 4 is 22.1 Å². The van der Waals surface area contributed by atoms with E-state index in [1.54, 1.807) is 11.3 Å². The summed E-state index contributed by atoms with van der Waals surface area (Å²) in [5, 5.41) is 2.00. The van der Waals surface area contributed by atoms with Crippen LogP contribution < -0.4 is 0 Å². The van der Waals surface area contributed by atoms with E-state index in [1.165, 1.54) is 0 Å². The molecule has 1 saturated carbocycles. The van der Waals surface area contributed by atoms with Crippen LogP contribution in [0.15, 0.2) is 17.8 Å². The summed E-state index contributed by atoms with van der Waals surface area (Å²) < 4.78 is 7.90. The summed E-state index contributed by atoms with van der Waals surface area (Å²) in [6.07, 6.45) is 8.15. The second-order valence-electron chi connectivity index (χ2n) is 6.03. The Kier molecular flexibility index (Phi) is 4.13. The van der Waals surface area contributed by atoms with E-state index in [2.05, 4.69) is 11.9 Å². The lowest BCUT2D eigenvalue weighted by molar-refractivity contribution is -0.149. The molecule has 0 spiro atoms. The number of carbonyl (C=O) groups excluding carboxylic acids is 1. The van der Waals surface area contributed by atoms with E-state index in [-0.39, 0.29) is 5.78 Å². The van der Waals surface area contributed by atoms with Crippen LogP contribution in [0, 0.1) is 5.92 Å². The molecule has 0 aliphatic heterocycles. The Bertz CT molecular complexity index is 595. The van der Waals surface area contributed by atoms with E-state index in [9.17, 15) is 4.79 Å². The fourth-order valence-corrected chi connectivity index (χ4v) is 3.91. The fraction of sp³-hybridized carbons (Fsp3) is 0.625. The van der Waals surface area contributed by atoms with Crippen LogP contribution in [0.5, 0.6) is 0 Å². The van der Waals surface area contributed by atoms with Crippen LogP contribution >= 0.6 is 11.3 Å². The Morgan fingerprint density at radius 3 is 2.95 bits per heavy atom. The largest absolute Gasteiger partial charge is 0.367 e. The van der Waals surface area contributed by atoms with Gasteiger partial charge in [-0.2, -0.15) is 0 Å². The molecule has 0 atom stereocenters. The maximum absolute atomic E-state index is 12.8. The zero-order chi connectivity index (χ0) is 14.9. The molecule has 2 heterocycles. The number of thiazole rings is 1. The first-order chi connectivity index (χ1) is 10.1. The molecule has 0 aromatic carbocycles. The number of hydrogen-bond acceptors (Lipinski definition) is 4. The van der Waals surface area contributed by atoms with Crippen molar-refractivity contribution in [2.24, 2.45) is 5.92 Å². The predicted molar refractivity (Wildman–Crippen MR) is 83.8 cm³/mol. The molecule has 114 valence electrons. The molecule has 0 bridgehead atoms. The van der Waals surface area contributed by atoms with Gasteiger partial charge in [0.25, 0.3) is 0 Å². The number of imidazole rings is 1. The van der Waals surface area contributed by atoms with Gasteiger partial charge in [-0.3, -0.25) is 9.20 Å². The Morgan fingerprint density at radius 2 is 2.29 bits per heavy atom. The first kappa shape index (κ1) is 14.7. The van der Waals surface area contributed by atoms with Gasteiger partial charge >= 0.3 is 0 Å². The quantitative estimate of drug-likeness (QED) is 0.849. The SMILES string of the molecule is CCOC1(C(=O)Cc2cn3ccsc3n2)CCC(C)CC1. The standard InChI is InChI=1S/C16H22N2O2S/c1-3-20-16(6-4-12(2)5-7-16)14(19)10-13-11-18-8-9-21-15(18)17-13/h8-9,11-12H,3-7,10H2,1-2H3. The minimum atomic E-state index is -0.571. The number of nitrogens with zero attached hydrogens (tertiary/aromatic N) is 2. The van der Waals surface area contributed by atoms with Crippen molar-refractivity contribution < 1.29 is 9.53 Å². The molecule has 0 unspecified atom stereocenters. The predicted octanol–water partition coefficient (Wildman–Crippen LogP) is 3.49. The lowest BCUT2D eigenvalue weighted by Crippen LogP contribution is -2.45. The molecule has 1 aliphatic carbocycles. The van der Waals surface area contributed by atoms with Crippen LogP contribution in [0.3, 0.4) is 0 Å². The molecule has 21 heavy (non-hydrogen) atoms. The van der Waals surface area contributed by atoms with Crippen LogP contribution in [0.4, 0.5) is 0 Å². The Morgan fingerprint density at radius 1 is 1.52 bits per heavy atom. The van der Waals surface area contributed by atoms with E-state index in [4.69, 9.17) is 4.74 Å². The summed E-state index contributed by atoms with van der Waals surface area (Å²) in [5.74, 6) is 0.895. The molecule has 0 radical (unpaired) electrons. The summed E-state index contributed by atoms with van der Waals surface area (Å²) in [4.78, 5) is 18.3. The molecule has 3 rings (SSSR count). The number of ether oxygens (including phenoxy) is 1. The van der Waals surface area contributed by atoms with Gasteiger partial charge in [-0.25, -0.2) is 4.98 Å². The number of hydrogen-bond donors (Lipinski definition) is 0. The molecular formula is C16H22N2O2S. The van der Waals surface area contributed by atoms with E-state index >= 15 is 0 Å². The summed E-state index contributed by atoms with van der Waals surface area (Å²) in [5.41, 5.74) is 0.280. The highest BCUT2D eigenvalue weighted by atomic mass is 32.1. The maximum Gasteiger partial charge on any atom is 0.193 e. The highest BCUT2D eigenvalue weighted by molar-refractivity contribution is 7.15. The number of Topliss-reactive ketones (excluding diaryl/α,β-unsaturated/α-hetero) is 1. The van der Waals surface area contributed by atoms with Gasteiger partial charge < -0.3 is 4.74 Å². The van der Waals surface area contributed by atoms with Gasteiger partial charge in [0, 0.05) is 24.4 Å². The first-order valence-electron chi connectivity index (χ1n) is 7.71. The molecule has 2 aromatic heterocycles. The molecule has 4 nitrogen and oxygen atoms in total. The van der Waals surface area contributed by atoms with Gasteiger partial charge in [0.1, 0.15) is 5.60 Å². The normalized spacial score (nSPS) is 26.3. The number of ketones is 1. The van der Waals surface area contributed by atoms with Crippen LogP contribution in [0.25, 0.3) is 4.96 Å². The lowest BCUT2D eigenvalue weighted by atomic mass is 9.76. The fourth-order valence-electron chi connectivity index (χ4n) is 3.20. The van der Waals surface area contributed by atoms with E-state index in [1.807, 2.05) is 29.1 Å². The number of fused-ring (bicyclic) bond motifs is 1. The molecule has 0 amide bonds. The van der Waals surface area contributed by atoms with Crippen molar-refractivity contribution in [1.82, 2.24) is 9.38 Å². The molecule has 0 N–H and O–H groups in total. The van der Waals surface area contributed by atoms with E-state index in [0.29, 0.717) is 18.9 Å². The number of rotatable bonds is 5. The summed E-state index contributed by atoms with van der Waals surface area (Å²) >= 11 is 1.59. The molecule has 0 saturated heterocycles. The first-order valence-corrected chi connectivity index (χ1v) is 8.59. The van der Waals surface area contributed by atoms with Crippen molar-refractivity contribution in [2.45, 2.75) is 51.6 Å². The average Bonchev–Trinajstić information content (AvgIpc) is 3.03. The van der Waals surface area contributed by atoms with Crippen molar-refractivity contribution in [3.05, 3.63) is 23.5 Å². The van der Waals surface area contributed by atoms with Gasteiger partial charge in [0.15, 0.2) is 10.7 Å². The van der Waals surface area contributed by atoms with Gasteiger partial charge in [-0.15, -0.1) is 11.3 Å². The zero-order valence-electron chi connectivity index (χ0n) is 12.7. The number of aromatic nitrogens is 2. The summed E-state index contributed by atoms with van der Waals surface area (Å²) in [6, 6.07) is 0. The highest BCUT2D eigenvalue weighted by Gasteiger charge is 2.41. The smallest absolute Gasteiger partial charge is 0.193 e. The molecule has 2 aromatic rings. The van der Waals surface area contributed by atoms with Crippen LogP contribution in [-0.4, -0.2) is 27.4 Å². The van der Waals surface area contributed by atoms with Crippen molar-refractivity contribution in [2.75, 3.05) is 6.61 Å². The lowest BCUT2D eigenvalue weighted by Gasteiger charge is -2.37. The second-order valence-corrected chi connectivity index (χ2v) is 6.91. The van der Waals surface area contributed by atoms with Crippen molar-refractivity contribution in [3.8, 4) is 0 Å². The zero-order valence-corrected chi connectivity index (χ0v) is 13.5. The topological polar surface area (TPSA) is 43.6 Å². The third-order valence-electron chi connectivity index (χ3n) is 4.50. The highest BCUT2D eigenvalue weighted by Crippen LogP contribution is 2.36. The van der Waals surface area contributed by atoms with Crippen LogP contribution in [0.1, 0.15) is 45.2 Å². The van der Waals surface area contributed by atoms with Gasteiger partial charge in [0.2, 0.25) is 0 Å². The summed E-state index contributed by atoms with van der Waals surface area (Å²) in [6.45, 7) is 4.82. The molecular weight excluding hydrogens is 284 g/mol. The average molecular weight is 306 g/mol. The second kappa shape index (κ2) is 5.89. The molecule has 5 heteroatoms. The third-order valence-corrected chi connectivity index (χ3v) is 5.27. The minimum Gasteiger partial charge on any atom is -0.367 e.